The van der Waals surface area contributed by atoms with Crippen LogP contribution in [0.2, 0.25) is 5.02 Å². The predicted molar refractivity (Wildman–Crippen MR) is 138 cm³/mol. The van der Waals surface area contributed by atoms with Gasteiger partial charge in [-0.05, 0) is 62.7 Å². The molecule has 1 saturated heterocycles. The van der Waals surface area contributed by atoms with Crippen LogP contribution in [0.3, 0.4) is 0 Å². The quantitative estimate of drug-likeness (QED) is 0.398. The molecule has 0 spiro atoms. The van der Waals surface area contributed by atoms with Crippen molar-refractivity contribution in [3.05, 3.63) is 52.5 Å². The number of aliphatic hydroxyl groups excluding tert-OH is 1. The van der Waals surface area contributed by atoms with Crippen molar-refractivity contribution >= 4 is 23.5 Å². The molecule has 2 atom stereocenters. The largest absolute Gasteiger partial charge is 0.494 e. The Hall–Kier alpha value is -3.01. The van der Waals surface area contributed by atoms with E-state index in [0.29, 0.717) is 60.7 Å². The summed E-state index contributed by atoms with van der Waals surface area (Å²) in [5.41, 5.74) is 0.577. The number of benzene rings is 2. The number of nitrogens with one attached hydrogen (secondary N) is 1. The molecule has 4 rings (SSSR count). The van der Waals surface area contributed by atoms with Crippen LogP contribution in [-0.4, -0.2) is 79.1 Å². The van der Waals surface area contributed by atoms with E-state index in [-0.39, 0.29) is 17.4 Å². The topological polar surface area (TPSA) is 118 Å². The molecule has 10 heteroatoms. The van der Waals surface area contributed by atoms with Crippen molar-refractivity contribution < 1.29 is 34.0 Å². The molecule has 1 fully saturated rings. The van der Waals surface area contributed by atoms with Gasteiger partial charge in [-0.15, -0.1) is 0 Å². The molecule has 2 aromatic carbocycles. The second-order valence-electron chi connectivity index (χ2n) is 9.34. The highest BCUT2D eigenvalue weighted by atomic mass is 35.5. The molecule has 3 N–H and O–H groups in total. The number of hydrogen-bond acceptors (Lipinski definition) is 7. The van der Waals surface area contributed by atoms with Crippen LogP contribution < -0.4 is 19.5 Å². The van der Waals surface area contributed by atoms with Crippen LogP contribution in [-0.2, 0) is 0 Å². The molecule has 0 aromatic heterocycles. The fraction of sp³-hybridized carbons (Fsp3) is 0.481. The number of likely N-dealkylation sites (tertiary alicyclic amines) is 1. The number of unbranched alkanes of at least 4 members (excludes halogenated alkanes) is 1. The van der Waals surface area contributed by atoms with Gasteiger partial charge in [0.15, 0.2) is 11.5 Å². The zero-order valence-corrected chi connectivity index (χ0v) is 21.4. The van der Waals surface area contributed by atoms with E-state index < -0.39 is 12.1 Å². The molecule has 0 radical (unpaired) electrons. The second kappa shape index (κ2) is 13.0. The highest BCUT2D eigenvalue weighted by Crippen LogP contribution is 2.36. The van der Waals surface area contributed by atoms with E-state index in [2.05, 4.69) is 10.2 Å². The van der Waals surface area contributed by atoms with E-state index in [4.69, 9.17) is 30.9 Å². The van der Waals surface area contributed by atoms with E-state index >= 15 is 0 Å². The van der Waals surface area contributed by atoms with Gasteiger partial charge in [0.25, 0.3) is 5.91 Å². The van der Waals surface area contributed by atoms with E-state index in [1.807, 2.05) is 0 Å². The highest BCUT2D eigenvalue weighted by molar-refractivity contribution is 6.31. The molecule has 2 unspecified atom stereocenters. The third kappa shape index (κ3) is 7.50. The minimum Gasteiger partial charge on any atom is -0.494 e. The summed E-state index contributed by atoms with van der Waals surface area (Å²) < 4.78 is 17.1. The molecule has 1 amide bonds. The lowest BCUT2D eigenvalue weighted by molar-refractivity contribution is 0.0213. The van der Waals surface area contributed by atoms with Crippen molar-refractivity contribution in [2.45, 2.75) is 31.8 Å². The van der Waals surface area contributed by atoms with Gasteiger partial charge in [-0.2, -0.15) is 0 Å². The van der Waals surface area contributed by atoms with Crippen LogP contribution in [0.4, 0.5) is 0 Å². The first-order valence-electron chi connectivity index (χ1n) is 12.6. The number of piperidine rings is 1. The van der Waals surface area contributed by atoms with Crippen molar-refractivity contribution in [1.82, 2.24) is 10.2 Å². The average molecular weight is 533 g/mol. The summed E-state index contributed by atoms with van der Waals surface area (Å²) in [7, 11) is 0. The molecule has 37 heavy (non-hydrogen) atoms. The first-order valence-corrected chi connectivity index (χ1v) is 13.0. The zero-order chi connectivity index (χ0) is 26.2. The molecular weight excluding hydrogens is 500 g/mol. The number of rotatable bonds is 10. The summed E-state index contributed by atoms with van der Waals surface area (Å²) in [6.45, 7) is 4.14. The van der Waals surface area contributed by atoms with Gasteiger partial charge in [0, 0.05) is 36.5 Å². The molecule has 0 aliphatic carbocycles. The Labute approximate surface area is 221 Å². The van der Waals surface area contributed by atoms with Gasteiger partial charge in [-0.1, -0.05) is 11.6 Å². The summed E-state index contributed by atoms with van der Waals surface area (Å²) in [6, 6.07) is 9.61. The first-order chi connectivity index (χ1) is 17.9. The minimum atomic E-state index is -0.959. The number of β-amino-alcohol motifs (C(OH)–C–C–N with tert-alkyl or cyclic N) is 1. The van der Waals surface area contributed by atoms with Gasteiger partial charge >= 0.3 is 5.97 Å². The summed E-state index contributed by atoms with van der Waals surface area (Å²) in [4.78, 5) is 26.0. The molecular formula is C27H33ClN2O7. The van der Waals surface area contributed by atoms with Crippen LogP contribution in [0.25, 0.3) is 0 Å². The summed E-state index contributed by atoms with van der Waals surface area (Å²) in [5, 5.41) is 23.0. The molecule has 9 nitrogen and oxygen atoms in total. The standard InChI is InChI=1S/C27H33ClN2O7/c28-20-14-22(25-24(15-20)36-12-3-13-37-25)26(32)29-16-19-8-10-30(17-23(19)31)9-1-2-11-35-21-6-4-18(5-7-21)27(33)34/h4-7,14-15,19,23,31H,1-3,8-13,16-17H2,(H,29,32)(H,33,34). The number of carbonyl (C=O) groups excluding carboxylic acids is 1. The SMILES string of the molecule is O=C(O)c1ccc(OCCCCN2CCC(CNC(=O)c3cc(Cl)cc4c3OCCCO4)C(O)C2)cc1. The maximum atomic E-state index is 12.9. The monoisotopic (exact) mass is 532 g/mol. The third-order valence-corrected chi connectivity index (χ3v) is 6.84. The molecule has 0 bridgehead atoms. The third-order valence-electron chi connectivity index (χ3n) is 6.63. The van der Waals surface area contributed by atoms with Gasteiger partial charge in [0.05, 0.1) is 37.1 Å². The normalized spacial score (nSPS) is 19.6. The Bertz CT molecular complexity index is 1080. The predicted octanol–water partition coefficient (Wildman–Crippen LogP) is 3.47. The summed E-state index contributed by atoms with van der Waals surface area (Å²) in [6.07, 6.45) is 2.74. The van der Waals surface area contributed by atoms with Gasteiger partial charge in [-0.25, -0.2) is 4.79 Å². The van der Waals surface area contributed by atoms with Crippen molar-refractivity contribution in [3.8, 4) is 17.2 Å². The number of fused-ring (bicyclic) bond motifs is 1. The van der Waals surface area contributed by atoms with Crippen LogP contribution >= 0.6 is 11.6 Å². The Morgan fingerprint density at radius 1 is 1.14 bits per heavy atom. The molecule has 200 valence electrons. The van der Waals surface area contributed by atoms with Crippen LogP contribution in [0.5, 0.6) is 17.2 Å². The lowest BCUT2D eigenvalue weighted by Crippen LogP contribution is -2.47. The van der Waals surface area contributed by atoms with Crippen LogP contribution in [0.1, 0.15) is 46.4 Å². The highest BCUT2D eigenvalue weighted by Gasteiger charge is 2.28. The van der Waals surface area contributed by atoms with E-state index in [9.17, 15) is 14.7 Å². The molecule has 2 aliphatic rings. The van der Waals surface area contributed by atoms with Gasteiger partial charge in [-0.3, -0.25) is 4.79 Å². The van der Waals surface area contributed by atoms with Crippen molar-refractivity contribution in [3.63, 3.8) is 0 Å². The zero-order valence-electron chi connectivity index (χ0n) is 20.7. The van der Waals surface area contributed by atoms with Crippen molar-refractivity contribution in [2.24, 2.45) is 5.92 Å². The number of aromatic carboxylic acids is 1. The summed E-state index contributed by atoms with van der Waals surface area (Å²) >= 11 is 6.19. The van der Waals surface area contributed by atoms with Crippen LogP contribution in [0.15, 0.2) is 36.4 Å². The van der Waals surface area contributed by atoms with Gasteiger partial charge in [0.2, 0.25) is 0 Å². The Kier molecular flexibility index (Phi) is 9.49. The number of ether oxygens (including phenoxy) is 3. The lowest BCUT2D eigenvalue weighted by Gasteiger charge is -2.36. The van der Waals surface area contributed by atoms with Gasteiger partial charge in [0.1, 0.15) is 5.75 Å². The number of carboxylic acid groups (broad SMARTS) is 1. The maximum absolute atomic E-state index is 12.9. The lowest BCUT2D eigenvalue weighted by atomic mass is 9.93. The molecule has 0 saturated carbocycles. The van der Waals surface area contributed by atoms with Gasteiger partial charge < -0.3 is 34.6 Å². The number of nitrogens with zero attached hydrogens (tertiary/aromatic N) is 1. The number of hydrogen-bond donors (Lipinski definition) is 3. The fourth-order valence-corrected chi connectivity index (χ4v) is 4.74. The number of aliphatic hydroxyl groups is 1. The Balaban J connectivity index is 1.16. The average Bonchev–Trinajstić information content (AvgIpc) is 3.13. The molecule has 2 aliphatic heterocycles. The minimum absolute atomic E-state index is 0.0349. The van der Waals surface area contributed by atoms with Crippen molar-refractivity contribution in [1.29, 1.82) is 0 Å². The number of amides is 1. The fourth-order valence-electron chi connectivity index (χ4n) is 4.54. The van der Waals surface area contributed by atoms with Crippen LogP contribution in [0, 0.1) is 5.92 Å². The first kappa shape index (κ1) is 27.0. The van der Waals surface area contributed by atoms with E-state index in [1.165, 1.54) is 12.1 Å². The molecule has 2 aromatic rings. The maximum Gasteiger partial charge on any atom is 0.335 e. The summed E-state index contributed by atoms with van der Waals surface area (Å²) in [5.74, 6) is 0.251. The Morgan fingerprint density at radius 3 is 2.68 bits per heavy atom. The number of halogens is 1. The number of carboxylic acids is 1. The van der Waals surface area contributed by atoms with Crippen molar-refractivity contribution in [2.75, 3.05) is 46.0 Å². The van der Waals surface area contributed by atoms with E-state index in [1.54, 1.807) is 24.3 Å². The number of carbonyl (C=O) groups is 2. The van der Waals surface area contributed by atoms with E-state index in [0.717, 1.165) is 38.8 Å². The smallest absolute Gasteiger partial charge is 0.335 e. The Morgan fingerprint density at radius 2 is 1.92 bits per heavy atom. The molecule has 2 heterocycles. The second-order valence-corrected chi connectivity index (χ2v) is 9.78.